The molecule has 0 aromatic heterocycles. The quantitative estimate of drug-likeness (QED) is 0.350. The van der Waals surface area contributed by atoms with Gasteiger partial charge in [-0.1, -0.05) is 0 Å². The lowest BCUT2D eigenvalue weighted by Gasteiger charge is -2.42. The van der Waals surface area contributed by atoms with E-state index >= 15 is 0 Å². The van der Waals surface area contributed by atoms with Crippen molar-refractivity contribution >= 4 is 0 Å². The van der Waals surface area contributed by atoms with E-state index in [1.807, 2.05) is 0 Å². The largest absolute Gasteiger partial charge is 0.411 e. The van der Waals surface area contributed by atoms with Crippen molar-refractivity contribution in [3.05, 3.63) is 12.6 Å². The first kappa shape index (κ1) is 5.97. The maximum atomic E-state index is 4.42. The van der Waals surface area contributed by atoms with Crippen LogP contribution in [0.1, 0.15) is 13.8 Å². The zero-order chi connectivity index (χ0) is 5.98. The first-order valence-electron chi connectivity index (χ1n) is 2.15. The van der Waals surface area contributed by atoms with Gasteiger partial charge < -0.3 is 19.6 Å². The molecular weight excluding hydrogens is 112 g/mol. The van der Waals surface area contributed by atoms with Gasteiger partial charge in [0.1, 0.15) is 0 Å². The number of rotatable bonds is 0. The second kappa shape index (κ2) is 2.41. The Hall–Kier alpha value is -0.160. The molecule has 0 N–H and O–H groups in total. The smallest absolute Gasteiger partial charge is 0.0181 e. The van der Waals surface area contributed by atoms with E-state index < -0.39 is 0 Å². The lowest BCUT2D eigenvalue weighted by Crippen LogP contribution is -2.17. The van der Waals surface area contributed by atoms with Gasteiger partial charge in [0, 0.05) is 0 Å². The fraction of sp³-hybridized carbons (Fsp3) is 0.500. The Balaban J connectivity index is 2.19. The summed E-state index contributed by atoms with van der Waals surface area (Å²) in [5.74, 6) is 0. The average molecular weight is 118 g/mol. The summed E-state index contributed by atoms with van der Waals surface area (Å²) in [6.07, 6.45) is 0.492. The summed E-state index contributed by atoms with van der Waals surface area (Å²) in [7, 11) is 0. The van der Waals surface area contributed by atoms with E-state index in [1.54, 1.807) is 13.8 Å². The highest BCUT2D eigenvalue weighted by atomic mass is 17.4. The fourth-order valence-corrected chi connectivity index (χ4v) is 0.262. The van der Waals surface area contributed by atoms with Crippen LogP contribution in [-0.4, -0.2) is 0 Å². The molecule has 0 aromatic rings. The fourth-order valence-electron chi connectivity index (χ4n) is 0.262. The van der Waals surface area contributed by atoms with Crippen molar-refractivity contribution in [2.45, 2.75) is 13.8 Å². The van der Waals surface area contributed by atoms with Crippen LogP contribution in [0.5, 0.6) is 0 Å². The van der Waals surface area contributed by atoms with E-state index in [0.717, 1.165) is 0 Å². The molecule has 1 heterocycles. The highest BCUT2D eigenvalue weighted by molar-refractivity contribution is 4.55. The van der Waals surface area contributed by atoms with Crippen LogP contribution in [0.15, 0.2) is 0 Å². The minimum atomic E-state index is 0.246. The molecule has 4 nitrogen and oxygen atoms in total. The zero-order valence-corrected chi connectivity index (χ0v) is 4.63. The normalized spacial score (nSPS) is 26.2. The zero-order valence-electron chi connectivity index (χ0n) is 4.63. The molecule has 0 radical (unpaired) electrons. The molecule has 0 bridgehead atoms. The third kappa shape index (κ3) is 1.41. The molecule has 1 fully saturated rings. The average Bonchev–Trinajstić information content (AvgIpc) is 1.77. The maximum absolute atomic E-state index is 4.42. The van der Waals surface area contributed by atoms with Crippen LogP contribution >= 0.6 is 0 Å². The van der Waals surface area contributed by atoms with Gasteiger partial charge >= 0.3 is 0 Å². The molecule has 1 aliphatic rings. The van der Waals surface area contributed by atoms with Crippen molar-refractivity contribution in [1.82, 2.24) is 0 Å². The van der Waals surface area contributed by atoms with Crippen LogP contribution in [-0.2, 0) is 19.6 Å². The molecule has 0 aromatic carbocycles. The van der Waals surface area contributed by atoms with E-state index in [1.165, 1.54) is 0 Å². The highest BCUT2D eigenvalue weighted by Gasteiger charge is 1.95. The Morgan fingerprint density at radius 3 is 1.25 bits per heavy atom. The molecule has 8 heavy (non-hydrogen) atoms. The molecule has 1 rings (SSSR count). The van der Waals surface area contributed by atoms with Gasteiger partial charge in [-0.05, 0) is 12.6 Å². The first-order chi connectivity index (χ1) is 3.79. The SMILES string of the molecule is C[C-]1OO[C-](C)OO1. The molecule has 4 heteroatoms. The Bertz CT molecular complexity index is 56.4. The molecule has 0 unspecified atom stereocenters. The third-order valence-electron chi connectivity index (χ3n) is 0.553. The van der Waals surface area contributed by atoms with E-state index in [0.29, 0.717) is 0 Å². The van der Waals surface area contributed by atoms with Gasteiger partial charge in [0.25, 0.3) is 0 Å². The van der Waals surface area contributed by atoms with Gasteiger partial charge in [-0.3, -0.25) is 0 Å². The van der Waals surface area contributed by atoms with Gasteiger partial charge in [0.05, 0.1) is 0 Å². The van der Waals surface area contributed by atoms with Crippen molar-refractivity contribution in [3.8, 4) is 0 Å². The summed E-state index contributed by atoms with van der Waals surface area (Å²) in [4.78, 5) is 17.7. The molecule has 1 saturated heterocycles. The molecule has 1 aliphatic heterocycles. The van der Waals surface area contributed by atoms with Crippen LogP contribution in [0.3, 0.4) is 0 Å². The molecule has 0 spiro atoms. The highest BCUT2D eigenvalue weighted by Crippen LogP contribution is 2.18. The summed E-state index contributed by atoms with van der Waals surface area (Å²) < 4.78 is 0. The second-order valence-corrected chi connectivity index (χ2v) is 1.32. The summed E-state index contributed by atoms with van der Waals surface area (Å²) >= 11 is 0. The van der Waals surface area contributed by atoms with Gasteiger partial charge in [0.2, 0.25) is 0 Å². The minimum absolute atomic E-state index is 0.246. The summed E-state index contributed by atoms with van der Waals surface area (Å²) in [6.45, 7) is 3.15. The minimum Gasteiger partial charge on any atom is -0.411 e. The predicted octanol–water partition coefficient (Wildman–Crippen LogP) is 0.915. The monoisotopic (exact) mass is 118 g/mol. The van der Waals surface area contributed by atoms with Gasteiger partial charge in [0.15, 0.2) is 0 Å². The van der Waals surface area contributed by atoms with Crippen LogP contribution in [0, 0.1) is 12.6 Å². The van der Waals surface area contributed by atoms with Gasteiger partial charge in [-0.2, -0.15) is 0 Å². The lowest BCUT2D eigenvalue weighted by atomic mass is 10.7. The summed E-state index contributed by atoms with van der Waals surface area (Å²) in [6, 6.07) is 0. The lowest BCUT2D eigenvalue weighted by molar-refractivity contribution is -0.500. The summed E-state index contributed by atoms with van der Waals surface area (Å²) in [5, 5.41) is 0. The molecule has 0 atom stereocenters. The Labute approximate surface area is 47.1 Å². The molecule has 0 amide bonds. The van der Waals surface area contributed by atoms with Crippen LogP contribution < -0.4 is 0 Å². The predicted molar refractivity (Wildman–Crippen MR) is 22.2 cm³/mol. The standard InChI is InChI=1S/C4H6O4/c1-3-5-7-4(2)8-6-3/h1-2H3/q-2. The Morgan fingerprint density at radius 1 is 0.750 bits per heavy atom. The maximum Gasteiger partial charge on any atom is -0.0181 e. The molecule has 0 saturated carbocycles. The third-order valence-corrected chi connectivity index (χ3v) is 0.553. The van der Waals surface area contributed by atoms with Crippen molar-refractivity contribution < 1.29 is 19.6 Å². The first-order valence-corrected chi connectivity index (χ1v) is 2.15. The second-order valence-electron chi connectivity index (χ2n) is 1.32. The van der Waals surface area contributed by atoms with Crippen LogP contribution in [0.25, 0.3) is 0 Å². The Kier molecular flexibility index (Phi) is 1.80. The van der Waals surface area contributed by atoms with Gasteiger partial charge in [-0.25, -0.2) is 0 Å². The van der Waals surface area contributed by atoms with Crippen molar-refractivity contribution in [3.63, 3.8) is 0 Å². The Morgan fingerprint density at radius 2 is 1.00 bits per heavy atom. The number of hydrogen-bond donors (Lipinski definition) is 0. The summed E-state index contributed by atoms with van der Waals surface area (Å²) in [5.41, 5.74) is 0. The van der Waals surface area contributed by atoms with Crippen molar-refractivity contribution in [2.75, 3.05) is 0 Å². The van der Waals surface area contributed by atoms with E-state index in [9.17, 15) is 0 Å². The number of hydrogen-bond acceptors (Lipinski definition) is 4. The van der Waals surface area contributed by atoms with Crippen molar-refractivity contribution in [2.24, 2.45) is 0 Å². The molecule has 48 valence electrons. The van der Waals surface area contributed by atoms with E-state index in [-0.39, 0.29) is 12.6 Å². The van der Waals surface area contributed by atoms with Crippen molar-refractivity contribution in [1.29, 1.82) is 0 Å². The van der Waals surface area contributed by atoms with Gasteiger partial charge in [-0.15, -0.1) is 13.8 Å². The van der Waals surface area contributed by atoms with Crippen LogP contribution in [0.2, 0.25) is 0 Å². The molecular formula is C4H6O4-2. The molecule has 0 aliphatic carbocycles. The van der Waals surface area contributed by atoms with E-state index in [2.05, 4.69) is 19.6 Å². The van der Waals surface area contributed by atoms with Crippen LogP contribution in [0.4, 0.5) is 0 Å². The topological polar surface area (TPSA) is 36.9 Å². The van der Waals surface area contributed by atoms with E-state index in [4.69, 9.17) is 0 Å².